The summed E-state index contributed by atoms with van der Waals surface area (Å²) in [4.78, 5) is 6.49. The highest BCUT2D eigenvalue weighted by Crippen LogP contribution is 2.20. The van der Waals surface area contributed by atoms with E-state index in [-0.39, 0.29) is 0 Å². The van der Waals surface area contributed by atoms with Gasteiger partial charge in [0.15, 0.2) is 0 Å². The van der Waals surface area contributed by atoms with E-state index in [2.05, 4.69) is 33.4 Å². The molecule has 0 atom stereocenters. The predicted octanol–water partition coefficient (Wildman–Crippen LogP) is 1.18. The molecule has 2 rings (SSSR count). The third-order valence-corrected chi connectivity index (χ3v) is 2.40. The summed E-state index contributed by atoms with van der Waals surface area (Å²) >= 11 is 0. The molecule has 1 aliphatic rings. The van der Waals surface area contributed by atoms with E-state index in [4.69, 9.17) is 0 Å². The standard InChI is InChI=1S/C11H15N3/c1-12-8-10-9-13-5-4-11(10)14-6-2-3-7-14/h2-5,9,12H,6-8H2,1H3. The number of anilines is 1. The second-order valence-corrected chi connectivity index (χ2v) is 3.41. The number of pyridine rings is 1. The van der Waals surface area contributed by atoms with Crippen molar-refractivity contribution in [1.82, 2.24) is 10.3 Å². The smallest absolute Gasteiger partial charge is 0.0448 e. The van der Waals surface area contributed by atoms with Crippen LogP contribution in [-0.2, 0) is 6.54 Å². The molecule has 74 valence electrons. The third-order valence-electron chi connectivity index (χ3n) is 2.40. The Balaban J connectivity index is 2.22. The van der Waals surface area contributed by atoms with Crippen LogP contribution in [0.2, 0.25) is 0 Å². The summed E-state index contributed by atoms with van der Waals surface area (Å²) in [6.45, 7) is 2.90. The second-order valence-electron chi connectivity index (χ2n) is 3.41. The minimum absolute atomic E-state index is 0.875. The van der Waals surface area contributed by atoms with Gasteiger partial charge in [-0.2, -0.15) is 0 Å². The highest BCUT2D eigenvalue weighted by atomic mass is 15.1. The average molecular weight is 189 g/mol. The molecule has 0 unspecified atom stereocenters. The Morgan fingerprint density at radius 2 is 2.21 bits per heavy atom. The Kier molecular flexibility index (Phi) is 2.79. The van der Waals surface area contributed by atoms with Crippen LogP contribution < -0.4 is 10.2 Å². The fourth-order valence-corrected chi connectivity index (χ4v) is 1.73. The van der Waals surface area contributed by atoms with Gasteiger partial charge in [0, 0.05) is 43.3 Å². The van der Waals surface area contributed by atoms with Crippen molar-refractivity contribution in [3.63, 3.8) is 0 Å². The molecule has 0 aliphatic carbocycles. The highest BCUT2D eigenvalue weighted by molar-refractivity contribution is 5.54. The first-order valence-corrected chi connectivity index (χ1v) is 4.89. The van der Waals surface area contributed by atoms with E-state index in [9.17, 15) is 0 Å². The van der Waals surface area contributed by atoms with E-state index in [0.29, 0.717) is 0 Å². The molecule has 3 heteroatoms. The molecular formula is C11H15N3. The van der Waals surface area contributed by atoms with Crippen molar-refractivity contribution in [3.05, 3.63) is 36.2 Å². The van der Waals surface area contributed by atoms with Gasteiger partial charge in [0.25, 0.3) is 0 Å². The summed E-state index contributed by atoms with van der Waals surface area (Å²) in [7, 11) is 1.96. The summed E-state index contributed by atoms with van der Waals surface area (Å²) in [6.07, 6.45) is 8.18. The largest absolute Gasteiger partial charge is 0.364 e. The maximum Gasteiger partial charge on any atom is 0.0448 e. The van der Waals surface area contributed by atoms with Gasteiger partial charge in [0.2, 0.25) is 0 Å². The number of aromatic nitrogens is 1. The molecule has 1 N–H and O–H groups in total. The van der Waals surface area contributed by atoms with E-state index in [1.807, 2.05) is 19.4 Å². The van der Waals surface area contributed by atoms with Gasteiger partial charge in [-0.3, -0.25) is 4.98 Å². The van der Waals surface area contributed by atoms with E-state index in [1.165, 1.54) is 11.3 Å². The lowest BCUT2D eigenvalue weighted by Crippen LogP contribution is -2.21. The first-order chi connectivity index (χ1) is 6.92. The Morgan fingerprint density at radius 3 is 2.93 bits per heavy atom. The monoisotopic (exact) mass is 189 g/mol. The zero-order valence-corrected chi connectivity index (χ0v) is 8.40. The van der Waals surface area contributed by atoms with Crippen molar-refractivity contribution >= 4 is 5.69 Å². The van der Waals surface area contributed by atoms with Crippen molar-refractivity contribution in [2.24, 2.45) is 0 Å². The first kappa shape index (κ1) is 9.21. The molecular weight excluding hydrogens is 174 g/mol. The van der Waals surface area contributed by atoms with Crippen molar-refractivity contribution in [1.29, 1.82) is 0 Å². The van der Waals surface area contributed by atoms with Crippen LogP contribution in [0.15, 0.2) is 30.6 Å². The number of nitrogens with one attached hydrogen (secondary N) is 1. The van der Waals surface area contributed by atoms with Gasteiger partial charge in [-0.1, -0.05) is 12.2 Å². The van der Waals surface area contributed by atoms with Crippen LogP contribution >= 0.6 is 0 Å². The maximum atomic E-state index is 4.15. The van der Waals surface area contributed by atoms with E-state index < -0.39 is 0 Å². The number of rotatable bonds is 3. The Hall–Kier alpha value is -1.35. The van der Waals surface area contributed by atoms with Crippen molar-refractivity contribution in [3.8, 4) is 0 Å². The normalized spacial score (nSPS) is 15.1. The Labute approximate surface area is 84.5 Å². The van der Waals surface area contributed by atoms with Gasteiger partial charge in [0.05, 0.1) is 0 Å². The number of hydrogen-bond acceptors (Lipinski definition) is 3. The van der Waals surface area contributed by atoms with E-state index in [0.717, 1.165) is 19.6 Å². The van der Waals surface area contributed by atoms with Crippen LogP contribution in [0.3, 0.4) is 0 Å². The van der Waals surface area contributed by atoms with E-state index in [1.54, 1.807) is 0 Å². The van der Waals surface area contributed by atoms with Gasteiger partial charge >= 0.3 is 0 Å². The molecule has 1 aromatic rings. The molecule has 1 aromatic heterocycles. The lowest BCUT2D eigenvalue weighted by Gasteiger charge is -2.20. The number of nitrogens with zero attached hydrogens (tertiary/aromatic N) is 2. The fraction of sp³-hybridized carbons (Fsp3) is 0.364. The molecule has 0 saturated heterocycles. The molecule has 0 aromatic carbocycles. The fourth-order valence-electron chi connectivity index (χ4n) is 1.73. The molecule has 0 bridgehead atoms. The molecule has 2 heterocycles. The second kappa shape index (κ2) is 4.24. The van der Waals surface area contributed by atoms with E-state index >= 15 is 0 Å². The zero-order valence-electron chi connectivity index (χ0n) is 8.40. The van der Waals surface area contributed by atoms with Crippen LogP contribution in [0.5, 0.6) is 0 Å². The van der Waals surface area contributed by atoms with Crippen LogP contribution in [0, 0.1) is 0 Å². The first-order valence-electron chi connectivity index (χ1n) is 4.89. The molecule has 1 aliphatic heterocycles. The van der Waals surface area contributed by atoms with Gasteiger partial charge in [0.1, 0.15) is 0 Å². The SMILES string of the molecule is CNCc1cnccc1N1CC=CC1. The van der Waals surface area contributed by atoms with Gasteiger partial charge < -0.3 is 10.2 Å². The van der Waals surface area contributed by atoms with Gasteiger partial charge in [-0.25, -0.2) is 0 Å². The highest BCUT2D eigenvalue weighted by Gasteiger charge is 2.10. The maximum absolute atomic E-state index is 4.15. The van der Waals surface area contributed by atoms with Crippen LogP contribution in [0.25, 0.3) is 0 Å². The van der Waals surface area contributed by atoms with Crippen LogP contribution in [-0.4, -0.2) is 25.1 Å². The quantitative estimate of drug-likeness (QED) is 0.724. The lowest BCUT2D eigenvalue weighted by atomic mass is 10.2. The third kappa shape index (κ3) is 1.77. The summed E-state index contributed by atoms with van der Waals surface area (Å²) in [6, 6.07) is 2.08. The van der Waals surface area contributed by atoms with Gasteiger partial charge in [-0.05, 0) is 13.1 Å². The predicted molar refractivity (Wildman–Crippen MR) is 58.4 cm³/mol. The zero-order chi connectivity index (χ0) is 9.80. The summed E-state index contributed by atoms with van der Waals surface area (Å²) in [5.41, 5.74) is 2.55. The topological polar surface area (TPSA) is 28.2 Å². The molecule has 0 fully saturated rings. The minimum atomic E-state index is 0.875. The summed E-state index contributed by atoms with van der Waals surface area (Å²) in [5.74, 6) is 0. The van der Waals surface area contributed by atoms with Crippen molar-refractivity contribution in [2.75, 3.05) is 25.0 Å². The Morgan fingerprint density at radius 1 is 1.43 bits per heavy atom. The van der Waals surface area contributed by atoms with Crippen molar-refractivity contribution in [2.45, 2.75) is 6.54 Å². The lowest BCUT2D eigenvalue weighted by molar-refractivity contribution is 0.805. The van der Waals surface area contributed by atoms with Crippen molar-refractivity contribution < 1.29 is 0 Å². The average Bonchev–Trinajstić information content (AvgIpc) is 2.72. The molecule has 0 radical (unpaired) electrons. The van der Waals surface area contributed by atoms with Gasteiger partial charge in [-0.15, -0.1) is 0 Å². The Bertz CT molecular complexity index is 325. The minimum Gasteiger partial charge on any atom is -0.364 e. The van der Waals surface area contributed by atoms with Crippen LogP contribution in [0.1, 0.15) is 5.56 Å². The van der Waals surface area contributed by atoms with Crippen LogP contribution in [0.4, 0.5) is 5.69 Å². The molecule has 0 amide bonds. The summed E-state index contributed by atoms with van der Waals surface area (Å²) < 4.78 is 0. The number of hydrogen-bond donors (Lipinski definition) is 1. The molecule has 3 nitrogen and oxygen atoms in total. The molecule has 14 heavy (non-hydrogen) atoms. The summed E-state index contributed by atoms with van der Waals surface area (Å²) in [5, 5.41) is 3.16. The molecule has 0 spiro atoms. The molecule has 0 saturated carbocycles.